The van der Waals surface area contributed by atoms with E-state index in [9.17, 15) is 4.79 Å². The molecule has 0 unspecified atom stereocenters. The molecule has 3 aromatic rings. The van der Waals surface area contributed by atoms with E-state index in [1.54, 1.807) is 10.9 Å². The summed E-state index contributed by atoms with van der Waals surface area (Å²) in [7, 11) is 1.29. The number of hydrogen-bond acceptors (Lipinski definition) is 4. The van der Waals surface area contributed by atoms with Crippen LogP contribution in [0.25, 0.3) is 16.9 Å². The first-order valence-corrected chi connectivity index (χ1v) is 8.18. The first-order chi connectivity index (χ1) is 12.6. The number of nitrogens with zero attached hydrogens (tertiary/aromatic N) is 3. The van der Waals surface area contributed by atoms with Gasteiger partial charge in [-0.2, -0.15) is 10.2 Å². The molecule has 3 rings (SSSR count). The number of rotatable bonds is 4. The number of methoxy groups -OCH3 is 1. The van der Waals surface area contributed by atoms with Gasteiger partial charge in [-0.25, -0.2) is 14.9 Å². The van der Waals surface area contributed by atoms with Crippen LogP contribution in [-0.4, -0.2) is 29.2 Å². The monoisotopic (exact) mass is 348 g/mol. The van der Waals surface area contributed by atoms with Gasteiger partial charge in [-0.1, -0.05) is 30.3 Å². The van der Waals surface area contributed by atoms with Crippen LogP contribution in [0.1, 0.15) is 16.7 Å². The second kappa shape index (κ2) is 7.65. The van der Waals surface area contributed by atoms with Gasteiger partial charge < -0.3 is 4.74 Å². The number of carbonyl (C=O) groups excluding carboxylic acids is 1. The Morgan fingerprint density at radius 2 is 1.92 bits per heavy atom. The largest absolute Gasteiger partial charge is 0.452 e. The van der Waals surface area contributed by atoms with Crippen LogP contribution < -0.4 is 5.43 Å². The Morgan fingerprint density at radius 3 is 2.62 bits per heavy atom. The minimum absolute atomic E-state index is 0.621. The fourth-order valence-electron chi connectivity index (χ4n) is 2.51. The highest BCUT2D eigenvalue weighted by atomic mass is 16.5. The number of carbonyl (C=O) groups is 1. The van der Waals surface area contributed by atoms with Gasteiger partial charge in [0.1, 0.15) is 5.69 Å². The SMILES string of the molecule is COC(=O)N/N=C\c1cn(-c2ccccc2)nc1-c1ccc(C)c(C)c1. The smallest absolute Gasteiger partial charge is 0.427 e. The molecule has 0 atom stereocenters. The fraction of sp³-hybridized carbons (Fsp3) is 0.150. The highest BCUT2D eigenvalue weighted by Crippen LogP contribution is 2.24. The van der Waals surface area contributed by atoms with Crippen molar-refractivity contribution in [3.05, 3.63) is 71.4 Å². The third-order valence-corrected chi connectivity index (χ3v) is 4.09. The van der Waals surface area contributed by atoms with Gasteiger partial charge in [0, 0.05) is 17.3 Å². The lowest BCUT2D eigenvalue weighted by Gasteiger charge is -2.04. The summed E-state index contributed by atoms with van der Waals surface area (Å²) in [6, 6.07) is 16.0. The molecule has 1 N–H and O–H groups in total. The molecule has 0 saturated carbocycles. The minimum atomic E-state index is -0.621. The predicted octanol–water partition coefficient (Wildman–Crippen LogP) is 3.85. The van der Waals surface area contributed by atoms with Gasteiger partial charge in [-0.3, -0.25) is 0 Å². The summed E-state index contributed by atoms with van der Waals surface area (Å²) in [5, 5.41) is 8.66. The van der Waals surface area contributed by atoms with E-state index in [2.05, 4.69) is 41.2 Å². The zero-order valence-corrected chi connectivity index (χ0v) is 14.9. The number of hydrogen-bond donors (Lipinski definition) is 1. The first-order valence-electron chi connectivity index (χ1n) is 8.18. The van der Waals surface area contributed by atoms with Crippen LogP contribution in [-0.2, 0) is 4.74 Å². The van der Waals surface area contributed by atoms with Crippen molar-refractivity contribution in [1.29, 1.82) is 0 Å². The Bertz CT molecular complexity index is 946. The second-order valence-electron chi connectivity index (χ2n) is 5.87. The topological polar surface area (TPSA) is 68.5 Å². The van der Waals surface area contributed by atoms with Crippen LogP contribution in [0, 0.1) is 13.8 Å². The average Bonchev–Trinajstić information content (AvgIpc) is 3.08. The maximum Gasteiger partial charge on any atom is 0.427 e. The number of aromatic nitrogens is 2. The lowest BCUT2D eigenvalue weighted by molar-refractivity contribution is 0.171. The number of amides is 1. The molecule has 0 fully saturated rings. The quantitative estimate of drug-likeness (QED) is 0.575. The van der Waals surface area contributed by atoms with Crippen molar-refractivity contribution >= 4 is 12.3 Å². The van der Waals surface area contributed by atoms with Gasteiger partial charge in [-0.15, -0.1) is 0 Å². The molecule has 6 nitrogen and oxygen atoms in total. The second-order valence-corrected chi connectivity index (χ2v) is 5.87. The van der Waals surface area contributed by atoms with Crippen molar-refractivity contribution in [1.82, 2.24) is 15.2 Å². The highest BCUT2D eigenvalue weighted by Gasteiger charge is 2.12. The standard InChI is InChI=1S/C20H20N4O2/c1-14-9-10-16(11-15(14)2)19-17(12-21-22-20(25)26-3)13-24(23-19)18-7-5-4-6-8-18/h4-13H,1-3H3,(H,22,25)/b21-12-. The molecule has 1 amide bonds. The summed E-state index contributed by atoms with van der Waals surface area (Å²) in [4.78, 5) is 11.2. The van der Waals surface area contributed by atoms with Gasteiger partial charge in [0.05, 0.1) is 19.0 Å². The molecule has 0 aliphatic heterocycles. The number of para-hydroxylation sites is 1. The highest BCUT2D eigenvalue weighted by molar-refractivity contribution is 5.89. The van der Waals surface area contributed by atoms with Crippen LogP contribution in [0.2, 0.25) is 0 Å². The molecule has 26 heavy (non-hydrogen) atoms. The van der Waals surface area contributed by atoms with E-state index < -0.39 is 6.09 Å². The van der Waals surface area contributed by atoms with E-state index in [1.165, 1.54) is 18.2 Å². The van der Waals surface area contributed by atoms with Crippen molar-refractivity contribution < 1.29 is 9.53 Å². The Morgan fingerprint density at radius 1 is 1.15 bits per heavy atom. The molecule has 0 aliphatic carbocycles. The molecule has 0 radical (unpaired) electrons. The normalized spacial score (nSPS) is 10.9. The summed E-state index contributed by atoms with van der Waals surface area (Å²) in [5.41, 5.74) is 8.21. The molecule has 0 bridgehead atoms. The Hall–Kier alpha value is -3.41. The molecular formula is C20H20N4O2. The Kier molecular flexibility index (Phi) is 5.12. The van der Waals surface area contributed by atoms with E-state index in [4.69, 9.17) is 5.10 Å². The molecular weight excluding hydrogens is 328 g/mol. The van der Waals surface area contributed by atoms with Gasteiger partial charge in [-0.05, 0) is 43.2 Å². The average molecular weight is 348 g/mol. The molecule has 2 aromatic carbocycles. The number of aryl methyl sites for hydroxylation is 2. The van der Waals surface area contributed by atoms with Crippen molar-refractivity contribution in [2.75, 3.05) is 7.11 Å². The van der Waals surface area contributed by atoms with Crippen molar-refractivity contribution in [2.24, 2.45) is 5.10 Å². The molecule has 0 saturated heterocycles. The van der Waals surface area contributed by atoms with E-state index in [-0.39, 0.29) is 0 Å². The lowest BCUT2D eigenvalue weighted by atomic mass is 10.0. The molecule has 0 aliphatic rings. The van der Waals surface area contributed by atoms with Gasteiger partial charge in [0.25, 0.3) is 0 Å². The van der Waals surface area contributed by atoms with Gasteiger partial charge >= 0.3 is 6.09 Å². The van der Waals surface area contributed by atoms with E-state index in [0.717, 1.165) is 22.5 Å². The number of hydrazone groups is 1. The number of ether oxygens (including phenoxy) is 1. The van der Waals surface area contributed by atoms with Crippen molar-refractivity contribution in [3.63, 3.8) is 0 Å². The van der Waals surface area contributed by atoms with Gasteiger partial charge in [0.15, 0.2) is 0 Å². The minimum Gasteiger partial charge on any atom is -0.452 e. The van der Waals surface area contributed by atoms with Crippen LogP contribution in [0.4, 0.5) is 4.79 Å². The molecule has 1 aromatic heterocycles. The molecule has 6 heteroatoms. The van der Waals surface area contributed by atoms with Crippen LogP contribution in [0.3, 0.4) is 0 Å². The summed E-state index contributed by atoms with van der Waals surface area (Å²) in [5.74, 6) is 0. The maximum atomic E-state index is 11.2. The predicted molar refractivity (Wildman–Crippen MR) is 102 cm³/mol. The first kappa shape index (κ1) is 17.4. The number of nitrogens with one attached hydrogen (secondary N) is 1. The summed E-state index contributed by atoms with van der Waals surface area (Å²) >= 11 is 0. The summed E-state index contributed by atoms with van der Waals surface area (Å²) in [6.07, 6.45) is 2.82. The summed E-state index contributed by atoms with van der Waals surface area (Å²) < 4.78 is 6.32. The zero-order chi connectivity index (χ0) is 18.5. The Labute approximate surface area is 152 Å². The molecule has 0 spiro atoms. The zero-order valence-electron chi connectivity index (χ0n) is 14.9. The van der Waals surface area contributed by atoms with Crippen LogP contribution in [0.5, 0.6) is 0 Å². The third kappa shape index (κ3) is 3.80. The van der Waals surface area contributed by atoms with E-state index in [1.807, 2.05) is 42.6 Å². The Balaban J connectivity index is 2.03. The molecule has 132 valence electrons. The van der Waals surface area contributed by atoms with Crippen molar-refractivity contribution in [2.45, 2.75) is 13.8 Å². The maximum absolute atomic E-state index is 11.2. The fourth-order valence-corrected chi connectivity index (χ4v) is 2.51. The number of benzene rings is 2. The van der Waals surface area contributed by atoms with Crippen molar-refractivity contribution in [3.8, 4) is 16.9 Å². The molecule has 1 heterocycles. The summed E-state index contributed by atoms with van der Waals surface area (Å²) in [6.45, 7) is 4.14. The van der Waals surface area contributed by atoms with Gasteiger partial charge in [0.2, 0.25) is 0 Å². The van der Waals surface area contributed by atoms with E-state index >= 15 is 0 Å². The van der Waals surface area contributed by atoms with Crippen LogP contribution in [0.15, 0.2) is 59.8 Å². The third-order valence-electron chi connectivity index (χ3n) is 4.09. The van der Waals surface area contributed by atoms with Crippen LogP contribution >= 0.6 is 0 Å². The van der Waals surface area contributed by atoms with E-state index in [0.29, 0.717) is 0 Å². The lowest BCUT2D eigenvalue weighted by Crippen LogP contribution is -2.16.